The summed E-state index contributed by atoms with van der Waals surface area (Å²) in [6.45, 7) is 6.22. The standard InChI is InChI=1S/C23H29N3O4S2/c1-17-7-8-19(15-22(17)32(28,29)25-11-13-30-14-12-25)24-16-23(27)26-10-9-18(2)31-21-6-4-3-5-20(21)26/h3-8,15,18,24H,9-14,16H2,1-2H3/t18-/m1/s1. The fourth-order valence-corrected chi connectivity index (χ4v) is 6.70. The van der Waals surface area contributed by atoms with Crippen LogP contribution in [0.2, 0.25) is 0 Å². The highest BCUT2D eigenvalue weighted by molar-refractivity contribution is 8.00. The SMILES string of the molecule is Cc1ccc(NCC(=O)N2CC[C@@H](C)Sc3ccccc32)cc1S(=O)(=O)N1CCOCC1. The first-order valence-corrected chi connectivity index (χ1v) is 13.2. The van der Waals surface area contributed by atoms with Crippen LogP contribution in [-0.4, -0.2) is 63.3 Å². The maximum Gasteiger partial charge on any atom is 0.246 e. The maximum absolute atomic E-state index is 13.1. The number of hydrogen-bond acceptors (Lipinski definition) is 6. The number of carbonyl (C=O) groups excluding carboxylic acids is 1. The predicted octanol–water partition coefficient (Wildman–Crippen LogP) is 3.35. The Morgan fingerprint density at radius 3 is 2.69 bits per heavy atom. The van der Waals surface area contributed by atoms with E-state index >= 15 is 0 Å². The van der Waals surface area contributed by atoms with Gasteiger partial charge >= 0.3 is 0 Å². The molecule has 32 heavy (non-hydrogen) atoms. The minimum atomic E-state index is -3.61. The predicted molar refractivity (Wildman–Crippen MR) is 128 cm³/mol. The number of hydrogen-bond donors (Lipinski definition) is 1. The van der Waals surface area contributed by atoms with E-state index < -0.39 is 10.0 Å². The van der Waals surface area contributed by atoms with Gasteiger partial charge in [0, 0.05) is 35.5 Å². The summed E-state index contributed by atoms with van der Waals surface area (Å²) in [5, 5.41) is 3.58. The fourth-order valence-electron chi connectivity index (χ4n) is 3.93. The molecular weight excluding hydrogens is 446 g/mol. The van der Waals surface area contributed by atoms with Gasteiger partial charge in [-0.25, -0.2) is 8.42 Å². The van der Waals surface area contributed by atoms with Crippen molar-refractivity contribution in [2.75, 3.05) is 49.6 Å². The van der Waals surface area contributed by atoms with Crippen molar-refractivity contribution in [3.63, 3.8) is 0 Å². The molecule has 1 fully saturated rings. The zero-order valence-electron chi connectivity index (χ0n) is 18.4. The van der Waals surface area contributed by atoms with E-state index in [2.05, 4.69) is 18.3 Å². The molecule has 7 nitrogen and oxygen atoms in total. The fraction of sp³-hybridized carbons (Fsp3) is 0.435. The number of nitrogens with zero attached hydrogens (tertiary/aromatic N) is 2. The Kier molecular flexibility index (Phi) is 7.09. The minimum Gasteiger partial charge on any atom is -0.379 e. The van der Waals surface area contributed by atoms with Gasteiger partial charge in [-0.1, -0.05) is 25.1 Å². The van der Waals surface area contributed by atoms with Gasteiger partial charge in [0.15, 0.2) is 0 Å². The van der Waals surface area contributed by atoms with Crippen molar-refractivity contribution in [2.45, 2.75) is 35.3 Å². The third kappa shape index (κ3) is 4.96. The lowest BCUT2D eigenvalue weighted by Gasteiger charge is -2.27. The van der Waals surface area contributed by atoms with Gasteiger partial charge in [-0.15, -0.1) is 11.8 Å². The molecule has 1 N–H and O–H groups in total. The molecular formula is C23H29N3O4S2. The van der Waals surface area contributed by atoms with E-state index in [0.717, 1.165) is 17.0 Å². The molecule has 1 atom stereocenters. The summed E-state index contributed by atoms with van der Waals surface area (Å²) < 4.78 is 33.0. The smallest absolute Gasteiger partial charge is 0.246 e. The van der Waals surface area contributed by atoms with Crippen molar-refractivity contribution < 1.29 is 17.9 Å². The molecule has 0 spiro atoms. The summed E-state index contributed by atoms with van der Waals surface area (Å²) in [5.74, 6) is -0.0367. The number of ether oxygens (including phenoxy) is 1. The molecule has 0 bridgehead atoms. The zero-order chi connectivity index (χ0) is 22.7. The molecule has 0 saturated carbocycles. The number of fused-ring (bicyclic) bond motifs is 1. The Hall–Kier alpha value is -2.07. The summed E-state index contributed by atoms with van der Waals surface area (Å²) in [5.41, 5.74) is 2.23. The molecule has 9 heteroatoms. The number of sulfonamides is 1. The largest absolute Gasteiger partial charge is 0.379 e. The van der Waals surface area contributed by atoms with Crippen molar-refractivity contribution in [1.29, 1.82) is 0 Å². The maximum atomic E-state index is 13.1. The van der Waals surface area contributed by atoms with Crippen LogP contribution in [-0.2, 0) is 19.6 Å². The molecule has 172 valence electrons. The second-order valence-corrected chi connectivity index (χ2v) is 11.5. The van der Waals surface area contributed by atoms with Gasteiger partial charge in [0.05, 0.1) is 30.3 Å². The number of amides is 1. The lowest BCUT2D eigenvalue weighted by molar-refractivity contribution is -0.117. The molecule has 2 aliphatic heterocycles. The van der Waals surface area contributed by atoms with Crippen LogP contribution >= 0.6 is 11.8 Å². The van der Waals surface area contributed by atoms with Crippen molar-refractivity contribution in [1.82, 2.24) is 4.31 Å². The molecule has 0 radical (unpaired) electrons. The number of rotatable bonds is 5. The van der Waals surface area contributed by atoms with E-state index in [1.54, 1.807) is 30.8 Å². The van der Waals surface area contributed by atoms with Gasteiger partial charge in [0.2, 0.25) is 15.9 Å². The van der Waals surface area contributed by atoms with Crippen molar-refractivity contribution in [2.24, 2.45) is 0 Å². The van der Waals surface area contributed by atoms with Crippen LogP contribution in [0.15, 0.2) is 52.3 Å². The van der Waals surface area contributed by atoms with E-state index in [4.69, 9.17) is 4.74 Å². The third-order valence-corrected chi connectivity index (χ3v) is 9.04. The number of anilines is 2. The number of benzene rings is 2. The van der Waals surface area contributed by atoms with E-state index in [0.29, 0.717) is 49.3 Å². The molecule has 0 unspecified atom stereocenters. The van der Waals surface area contributed by atoms with Crippen LogP contribution in [0.3, 0.4) is 0 Å². The molecule has 4 rings (SSSR count). The Balaban J connectivity index is 1.50. The molecule has 0 aliphatic carbocycles. The lowest BCUT2D eigenvalue weighted by atomic mass is 10.2. The van der Waals surface area contributed by atoms with Gasteiger partial charge in [0.1, 0.15) is 0 Å². The Bertz CT molecular complexity index is 1080. The van der Waals surface area contributed by atoms with Crippen molar-refractivity contribution in [3.8, 4) is 0 Å². The Labute approximate surface area is 194 Å². The summed E-state index contributed by atoms with van der Waals surface area (Å²) in [6, 6.07) is 13.2. The summed E-state index contributed by atoms with van der Waals surface area (Å²) in [7, 11) is -3.61. The second-order valence-electron chi connectivity index (χ2n) is 8.08. The first-order chi connectivity index (χ1) is 15.4. The lowest BCUT2D eigenvalue weighted by Crippen LogP contribution is -2.40. The highest BCUT2D eigenvalue weighted by atomic mass is 32.2. The number of aryl methyl sites for hydroxylation is 1. The quantitative estimate of drug-likeness (QED) is 0.715. The average Bonchev–Trinajstić information content (AvgIpc) is 2.97. The molecule has 1 saturated heterocycles. The molecule has 1 amide bonds. The monoisotopic (exact) mass is 475 g/mol. The summed E-state index contributed by atoms with van der Waals surface area (Å²) >= 11 is 1.79. The van der Waals surface area contributed by atoms with Gasteiger partial charge in [-0.05, 0) is 43.2 Å². The Morgan fingerprint density at radius 2 is 1.91 bits per heavy atom. The number of nitrogens with one attached hydrogen (secondary N) is 1. The van der Waals surface area contributed by atoms with Crippen LogP contribution in [0.4, 0.5) is 11.4 Å². The van der Waals surface area contributed by atoms with E-state index in [1.807, 2.05) is 29.2 Å². The first kappa shape index (κ1) is 23.1. The van der Waals surface area contributed by atoms with Crippen LogP contribution in [0.25, 0.3) is 0 Å². The number of carbonyl (C=O) groups is 1. The first-order valence-electron chi connectivity index (χ1n) is 10.8. The van der Waals surface area contributed by atoms with E-state index in [9.17, 15) is 13.2 Å². The number of thioether (sulfide) groups is 1. The van der Waals surface area contributed by atoms with Gasteiger partial charge in [-0.2, -0.15) is 4.31 Å². The normalized spacial score (nSPS) is 19.8. The minimum absolute atomic E-state index is 0.0367. The second kappa shape index (κ2) is 9.82. The topological polar surface area (TPSA) is 79.0 Å². The Morgan fingerprint density at radius 1 is 1.16 bits per heavy atom. The third-order valence-electron chi connectivity index (χ3n) is 5.76. The van der Waals surface area contributed by atoms with Gasteiger partial charge in [-0.3, -0.25) is 4.79 Å². The zero-order valence-corrected chi connectivity index (χ0v) is 20.0. The number of para-hydroxylation sites is 1. The van der Waals surface area contributed by atoms with Crippen molar-refractivity contribution in [3.05, 3.63) is 48.0 Å². The molecule has 2 heterocycles. The molecule has 2 aromatic carbocycles. The highest BCUT2D eigenvalue weighted by Crippen LogP contribution is 2.37. The average molecular weight is 476 g/mol. The number of morpholine rings is 1. The van der Waals surface area contributed by atoms with E-state index in [1.165, 1.54) is 4.31 Å². The summed E-state index contributed by atoms with van der Waals surface area (Å²) in [6.07, 6.45) is 0.914. The molecule has 2 aliphatic rings. The van der Waals surface area contributed by atoms with Crippen LogP contribution in [0.1, 0.15) is 18.9 Å². The van der Waals surface area contributed by atoms with E-state index in [-0.39, 0.29) is 17.3 Å². The van der Waals surface area contributed by atoms with Crippen LogP contribution < -0.4 is 10.2 Å². The van der Waals surface area contributed by atoms with Crippen LogP contribution in [0.5, 0.6) is 0 Å². The van der Waals surface area contributed by atoms with Gasteiger partial charge in [0.25, 0.3) is 0 Å². The summed E-state index contributed by atoms with van der Waals surface area (Å²) in [4.78, 5) is 16.3. The van der Waals surface area contributed by atoms with Gasteiger partial charge < -0.3 is 15.0 Å². The highest BCUT2D eigenvalue weighted by Gasteiger charge is 2.28. The molecule has 0 aromatic heterocycles. The van der Waals surface area contributed by atoms with Crippen molar-refractivity contribution >= 4 is 39.1 Å². The van der Waals surface area contributed by atoms with Crippen LogP contribution in [0, 0.1) is 6.92 Å². The molecule has 2 aromatic rings.